The van der Waals surface area contributed by atoms with Gasteiger partial charge >= 0.3 is 5.97 Å². The van der Waals surface area contributed by atoms with Crippen molar-refractivity contribution in [1.82, 2.24) is 19.9 Å². The summed E-state index contributed by atoms with van der Waals surface area (Å²) in [5, 5.41) is 8.25. The van der Waals surface area contributed by atoms with Gasteiger partial charge in [-0.15, -0.1) is 0 Å². The van der Waals surface area contributed by atoms with Crippen molar-refractivity contribution < 1.29 is 14.1 Å². The number of aromatic amines is 1. The maximum Gasteiger partial charge on any atom is 0.340 e. The third-order valence-corrected chi connectivity index (χ3v) is 4.41. The fraction of sp³-hybridized carbons (Fsp3) is 0.150. The minimum absolute atomic E-state index is 0.119. The molecule has 0 atom stereocenters. The monoisotopic (exact) mass is 362 g/mol. The summed E-state index contributed by atoms with van der Waals surface area (Å²) in [7, 11) is 0. The van der Waals surface area contributed by atoms with Gasteiger partial charge in [-0.2, -0.15) is 5.10 Å². The van der Waals surface area contributed by atoms with Crippen molar-refractivity contribution in [2.24, 2.45) is 0 Å². The molecule has 1 aromatic carbocycles. The second kappa shape index (κ2) is 6.95. The van der Waals surface area contributed by atoms with Gasteiger partial charge in [-0.3, -0.25) is 0 Å². The van der Waals surface area contributed by atoms with Gasteiger partial charge < -0.3 is 14.2 Å². The first kappa shape index (κ1) is 16.8. The van der Waals surface area contributed by atoms with Crippen LogP contribution in [0.4, 0.5) is 0 Å². The van der Waals surface area contributed by atoms with Crippen molar-refractivity contribution in [2.45, 2.75) is 20.5 Å². The molecule has 1 N–H and O–H groups in total. The van der Waals surface area contributed by atoms with E-state index in [2.05, 4.69) is 15.2 Å². The van der Waals surface area contributed by atoms with Crippen LogP contribution in [0.1, 0.15) is 27.4 Å². The van der Waals surface area contributed by atoms with Gasteiger partial charge in [0.2, 0.25) is 0 Å². The van der Waals surface area contributed by atoms with E-state index in [0.29, 0.717) is 11.3 Å². The Labute approximate surface area is 155 Å². The van der Waals surface area contributed by atoms with Crippen LogP contribution in [0.15, 0.2) is 59.6 Å². The molecule has 3 aromatic heterocycles. The maximum absolute atomic E-state index is 12.6. The van der Waals surface area contributed by atoms with E-state index < -0.39 is 5.97 Å². The quantitative estimate of drug-likeness (QED) is 0.545. The lowest BCUT2D eigenvalue weighted by Crippen LogP contribution is -2.06. The smallest absolute Gasteiger partial charge is 0.340 e. The highest BCUT2D eigenvalue weighted by atomic mass is 16.5. The first-order valence-electron chi connectivity index (χ1n) is 8.49. The van der Waals surface area contributed by atoms with Gasteiger partial charge in [-0.25, -0.2) is 9.48 Å². The molecule has 0 amide bonds. The number of aryl methyl sites for hydroxylation is 2. The third kappa shape index (κ3) is 3.27. The first-order chi connectivity index (χ1) is 13.1. The number of esters is 1. The third-order valence-electron chi connectivity index (χ3n) is 4.41. The average Bonchev–Trinajstić information content (AvgIpc) is 3.41. The lowest BCUT2D eigenvalue weighted by molar-refractivity contribution is 0.0472. The summed E-state index contributed by atoms with van der Waals surface area (Å²) in [5.41, 5.74) is 4.47. The zero-order valence-corrected chi connectivity index (χ0v) is 15.0. The molecule has 0 saturated carbocycles. The van der Waals surface area contributed by atoms with Crippen molar-refractivity contribution in [2.75, 3.05) is 0 Å². The molecular weight excluding hydrogens is 344 g/mol. The van der Waals surface area contributed by atoms with Crippen LogP contribution in [0.25, 0.3) is 16.8 Å². The Morgan fingerprint density at radius 1 is 1.22 bits per heavy atom. The number of carbonyl (C=O) groups excluding carboxylic acids is 1. The van der Waals surface area contributed by atoms with Crippen molar-refractivity contribution >= 4 is 5.97 Å². The number of aromatic nitrogens is 4. The minimum Gasteiger partial charge on any atom is -0.457 e. The molecule has 136 valence electrons. The molecule has 0 aliphatic rings. The largest absolute Gasteiger partial charge is 0.457 e. The van der Waals surface area contributed by atoms with Gasteiger partial charge in [0.15, 0.2) is 0 Å². The predicted molar refractivity (Wildman–Crippen MR) is 98.4 cm³/mol. The molecule has 0 bridgehead atoms. The van der Waals surface area contributed by atoms with E-state index in [4.69, 9.17) is 9.26 Å². The lowest BCUT2D eigenvalue weighted by Gasteiger charge is -2.05. The number of ether oxygens (including phenoxy) is 1. The average molecular weight is 362 g/mol. The molecule has 0 fully saturated rings. The van der Waals surface area contributed by atoms with Crippen LogP contribution in [0.5, 0.6) is 0 Å². The van der Waals surface area contributed by atoms with Gasteiger partial charge in [-0.05, 0) is 26.0 Å². The highest BCUT2D eigenvalue weighted by Crippen LogP contribution is 2.25. The standard InChI is InChI=1S/C20H18N4O3/c1-13-19(14(2)27-23-13)12-26-20(25)18-10-21-9-17(18)15-8-22-24(11-15)16-6-4-3-5-7-16/h3-11,21H,12H2,1-2H3. The zero-order chi connectivity index (χ0) is 18.8. The van der Waals surface area contributed by atoms with Crippen LogP contribution in [-0.2, 0) is 11.3 Å². The van der Waals surface area contributed by atoms with Crippen LogP contribution in [0.3, 0.4) is 0 Å². The van der Waals surface area contributed by atoms with E-state index in [-0.39, 0.29) is 6.61 Å². The normalized spacial score (nSPS) is 10.9. The molecule has 0 unspecified atom stereocenters. The fourth-order valence-corrected chi connectivity index (χ4v) is 2.88. The van der Waals surface area contributed by atoms with Gasteiger partial charge in [0.05, 0.1) is 28.7 Å². The van der Waals surface area contributed by atoms with E-state index in [1.54, 1.807) is 30.2 Å². The number of nitrogens with one attached hydrogen (secondary N) is 1. The molecule has 0 radical (unpaired) electrons. The number of carbonyl (C=O) groups is 1. The predicted octanol–water partition coefficient (Wildman–Crippen LogP) is 3.83. The molecule has 7 heteroatoms. The summed E-state index contributed by atoms with van der Waals surface area (Å²) in [5.74, 6) is 0.234. The SMILES string of the molecule is Cc1noc(C)c1COC(=O)c1c[nH]cc1-c1cnn(-c2ccccc2)c1. The van der Waals surface area contributed by atoms with Gasteiger partial charge in [0.1, 0.15) is 12.4 Å². The van der Waals surface area contributed by atoms with Crippen molar-refractivity contribution in [3.05, 3.63) is 77.7 Å². The number of H-pyrrole nitrogens is 1. The lowest BCUT2D eigenvalue weighted by atomic mass is 10.1. The van der Waals surface area contributed by atoms with Crippen molar-refractivity contribution in [3.63, 3.8) is 0 Å². The summed E-state index contributed by atoms with van der Waals surface area (Å²) in [6, 6.07) is 9.78. The highest BCUT2D eigenvalue weighted by Gasteiger charge is 2.18. The van der Waals surface area contributed by atoms with E-state index in [9.17, 15) is 4.79 Å². The van der Waals surface area contributed by atoms with E-state index in [1.165, 1.54) is 0 Å². The van der Waals surface area contributed by atoms with Gasteiger partial charge in [-0.1, -0.05) is 23.4 Å². The van der Waals surface area contributed by atoms with Crippen LogP contribution in [-0.4, -0.2) is 25.9 Å². The molecule has 0 spiro atoms. The summed E-state index contributed by atoms with van der Waals surface area (Å²) in [6.45, 7) is 3.73. The van der Waals surface area contributed by atoms with Crippen LogP contribution < -0.4 is 0 Å². The summed E-state index contributed by atoms with van der Waals surface area (Å²) >= 11 is 0. The second-order valence-corrected chi connectivity index (χ2v) is 6.17. The van der Waals surface area contributed by atoms with E-state index >= 15 is 0 Å². The van der Waals surface area contributed by atoms with Crippen molar-refractivity contribution in [1.29, 1.82) is 0 Å². The summed E-state index contributed by atoms with van der Waals surface area (Å²) in [6.07, 6.45) is 6.99. The number of rotatable bonds is 5. The summed E-state index contributed by atoms with van der Waals surface area (Å²) < 4.78 is 12.3. The Morgan fingerprint density at radius 3 is 2.78 bits per heavy atom. The number of para-hydroxylation sites is 1. The Morgan fingerprint density at radius 2 is 2.04 bits per heavy atom. The Bertz CT molecular complexity index is 1060. The highest BCUT2D eigenvalue weighted by molar-refractivity contribution is 5.97. The van der Waals surface area contributed by atoms with Gasteiger partial charge in [0.25, 0.3) is 0 Å². The molecular formula is C20H18N4O3. The maximum atomic E-state index is 12.6. The van der Waals surface area contributed by atoms with E-state index in [1.807, 2.05) is 43.5 Å². The van der Waals surface area contributed by atoms with Crippen molar-refractivity contribution in [3.8, 4) is 16.8 Å². The number of hydrogen-bond donors (Lipinski definition) is 1. The Kier molecular flexibility index (Phi) is 4.33. The molecule has 4 rings (SSSR count). The van der Waals surface area contributed by atoms with Gasteiger partial charge in [0, 0.05) is 29.7 Å². The second-order valence-electron chi connectivity index (χ2n) is 6.17. The fourth-order valence-electron chi connectivity index (χ4n) is 2.88. The first-order valence-corrected chi connectivity index (χ1v) is 8.49. The van der Waals surface area contributed by atoms with E-state index in [0.717, 1.165) is 28.1 Å². The number of hydrogen-bond acceptors (Lipinski definition) is 5. The zero-order valence-electron chi connectivity index (χ0n) is 15.0. The molecule has 0 saturated heterocycles. The number of nitrogens with zero attached hydrogens (tertiary/aromatic N) is 3. The Balaban J connectivity index is 1.54. The Hall–Kier alpha value is -3.61. The summed E-state index contributed by atoms with van der Waals surface area (Å²) in [4.78, 5) is 15.5. The van der Waals surface area contributed by atoms with Crippen LogP contribution in [0, 0.1) is 13.8 Å². The molecule has 3 heterocycles. The molecule has 0 aliphatic heterocycles. The van der Waals surface area contributed by atoms with Crippen LogP contribution >= 0.6 is 0 Å². The minimum atomic E-state index is -0.418. The topological polar surface area (TPSA) is 85.9 Å². The molecule has 4 aromatic rings. The van der Waals surface area contributed by atoms with Crippen LogP contribution in [0.2, 0.25) is 0 Å². The molecule has 27 heavy (non-hydrogen) atoms. The number of benzene rings is 1. The molecule has 0 aliphatic carbocycles. The molecule has 7 nitrogen and oxygen atoms in total.